The van der Waals surface area contributed by atoms with Gasteiger partial charge in [-0.15, -0.1) is 0 Å². The number of amides is 1. The highest BCUT2D eigenvalue weighted by Crippen LogP contribution is 2.33. The first-order valence-corrected chi connectivity index (χ1v) is 10.5. The van der Waals surface area contributed by atoms with Gasteiger partial charge in [0.1, 0.15) is 12.4 Å². The van der Waals surface area contributed by atoms with Gasteiger partial charge in [-0.05, 0) is 37.6 Å². The van der Waals surface area contributed by atoms with E-state index in [0.29, 0.717) is 11.8 Å². The van der Waals surface area contributed by atoms with Crippen molar-refractivity contribution in [2.45, 2.75) is 31.0 Å². The zero-order chi connectivity index (χ0) is 22.5. The van der Waals surface area contributed by atoms with Crippen molar-refractivity contribution in [3.05, 3.63) is 59.7 Å². The number of rotatable bonds is 8. The summed E-state index contributed by atoms with van der Waals surface area (Å²) in [5.41, 5.74) is -0.368. The smallest absolute Gasteiger partial charge is 0.417 e. The Morgan fingerprint density at radius 1 is 1.13 bits per heavy atom. The maximum absolute atomic E-state index is 13.1. The molecule has 1 atom stereocenters. The van der Waals surface area contributed by atoms with E-state index in [9.17, 15) is 26.4 Å². The molecular weight excluding hydrogens is 421 g/mol. The molecule has 1 N–H and O–H groups in total. The van der Waals surface area contributed by atoms with Gasteiger partial charge in [0, 0.05) is 7.05 Å². The van der Waals surface area contributed by atoms with Crippen LogP contribution < -0.4 is 9.46 Å². The Balaban J connectivity index is 2.02. The van der Waals surface area contributed by atoms with Crippen molar-refractivity contribution in [1.82, 2.24) is 9.62 Å². The quantitative estimate of drug-likeness (QED) is 0.679. The van der Waals surface area contributed by atoms with Crippen LogP contribution in [0.5, 0.6) is 5.75 Å². The molecule has 10 heteroatoms. The van der Waals surface area contributed by atoms with Crippen LogP contribution in [0.2, 0.25) is 0 Å². The Morgan fingerprint density at radius 3 is 2.37 bits per heavy atom. The summed E-state index contributed by atoms with van der Waals surface area (Å²) in [6.07, 6.45) is -4.84. The van der Waals surface area contributed by atoms with Gasteiger partial charge in [0.2, 0.25) is 15.9 Å². The fraction of sp³-hybridized carbons (Fsp3) is 0.350. The first-order chi connectivity index (χ1) is 13.9. The number of hydrogen-bond donors (Lipinski definition) is 1. The number of carbonyl (C=O) groups is 1. The lowest BCUT2D eigenvalue weighted by Crippen LogP contribution is -2.46. The summed E-state index contributed by atoms with van der Waals surface area (Å²) in [7, 11) is -3.11. The number of nitrogens with one attached hydrogen (secondary N) is 1. The highest BCUT2D eigenvalue weighted by molar-refractivity contribution is 7.89. The Kier molecular flexibility index (Phi) is 7.49. The molecule has 0 radical (unpaired) electrons. The van der Waals surface area contributed by atoms with Gasteiger partial charge in [-0.3, -0.25) is 4.79 Å². The molecule has 0 spiro atoms. The average Bonchev–Trinajstić information content (AvgIpc) is 2.67. The van der Waals surface area contributed by atoms with E-state index in [1.165, 1.54) is 24.9 Å². The van der Waals surface area contributed by atoms with Crippen molar-refractivity contribution in [3.63, 3.8) is 0 Å². The number of ether oxygens (including phenoxy) is 1. The first-order valence-electron chi connectivity index (χ1n) is 9.05. The summed E-state index contributed by atoms with van der Waals surface area (Å²) >= 11 is 0. The fourth-order valence-corrected chi connectivity index (χ4v) is 4.16. The third kappa shape index (κ3) is 5.96. The molecule has 0 aromatic heterocycles. The molecule has 0 fully saturated rings. The Labute approximate surface area is 173 Å². The second-order valence-electron chi connectivity index (χ2n) is 6.71. The lowest BCUT2D eigenvalue weighted by atomic mass is 10.2. The largest absolute Gasteiger partial charge is 0.491 e. The molecule has 2 aromatic rings. The third-order valence-corrected chi connectivity index (χ3v) is 5.94. The predicted molar refractivity (Wildman–Crippen MR) is 106 cm³/mol. The van der Waals surface area contributed by atoms with E-state index in [2.05, 4.69) is 0 Å². The Hall–Kier alpha value is -2.59. The van der Waals surface area contributed by atoms with Crippen LogP contribution >= 0.6 is 0 Å². The second kappa shape index (κ2) is 9.48. The molecule has 0 aliphatic rings. The van der Waals surface area contributed by atoms with E-state index in [1.54, 1.807) is 6.07 Å². The highest BCUT2D eigenvalue weighted by atomic mass is 32.2. The monoisotopic (exact) mass is 444 g/mol. The SMILES string of the molecule is Cc1ccccc1OCCN(C)C(=O)C(C)NS(=O)(=O)c1ccccc1C(F)(F)F. The van der Waals surface area contributed by atoms with Crippen LogP contribution in [0.3, 0.4) is 0 Å². The maximum Gasteiger partial charge on any atom is 0.417 e. The number of sulfonamides is 1. The van der Waals surface area contributed by atoms with Crippen molar-refractivity contribution >= 4 is 15.9 Å². The van der Waals surface area contributed by atoms with Gasteiger partial charge < -0.3 is 9.64 Å². The fourth-order valence-electron chi connectivity index (χ4n) is 2.73. The van der Waals surface area contributed by atoms with Crippen LogP contribution in [0.4, 0.5) is 13.2 Å². The summed E-state index contributed by atoms with van der Waals surface area (Å²) in [4.78, 5) is 12.8. The summed E-state index contributed by atoms with van der Waals surface area (Å²) in [5.74, 6) is 0.0623. The molecule has 1 unspecified atom stereocenters. The van der Waals surface area contributed by atoms with Crippen molar-refractivity contribution in [1.29, 1.82) is 0 Å². The number of nitrogens with zero attached hydrogens (tertiary/aromatic N) is 1. The van der Waals surface area contributed by atoms with Crippen LogP contribution in [0.15, 0.2) is 53.4 Å². The topological polar surface area (TPSA) is 75.7 Å². The van der Waals surface area contributed by atoms with E-state index >= 15 is 0 Å². The molecule has 2 aromatic carbocycles. The Bertz CT molecular complexity index is 994. The lowest BCUT2D eigenvalue weighted by Gasteiger charge is -2.23. The van der Waals surface area contributed by atoms with Gasteiger partial charge in [0.25, 0.3) is 0 Å². The molecule has 30 heavy (non-hydrogen) atoms. The number of hydrogen-bond acceptors (Lipinski definition) is 4. The molecular formula is C20H23F3N2O4S. The van der Waals surface area contributed by atoms with Gasteiger partial charge in [-0.2, -0.15) is 17.9 Å². The van der Waals surface area contributed by atoms with Crippen molar-refractivity contribution < 1.29 is 31.1 Å². The number of para-hydroxylation sites is 1. The molecule has 0 heterocycles. The first kappa shape index (κ1) is 23.7. The molecule has 2 rings (SSSR count). The number of carbonyl (C=O) groups excluding carboxylic acids is 1. The maximum atomic E-state index is 13.1. The van der Waals surface area contributed by atoms with Gasteiger partial charge in [-0.1, -0.05) is 30.3 Å². The minimum Gasteiger partial charge on any atom is -0.491 e. The van der Waals surface area contributed by atoms with Crippen molar-refractivity contribution in [2.24, 2.45) is 0 Å². The van der Waals surface area contributed by atoms with Crippen LogP contribution in [-0.4, -0.2) is 45.5 Å². The molecule has 0 saturated carbocycles. The highest BCUT2D eigenvalue weighted by Gasteiger charge is 2.37. The minimum atomic E-state index is -4.84. The Morgan fingerprint density at radius 2 is 1.73 bits per heavy atom. The number of benzene rings is 2. The molecule has 0 aliphatic heterocycles. The molecule has 0 aliphatic carbocycles. The summed E-state index contributed by atoms with van der Waals surface area (Å²) < 4.78 is 71.9. The number of aryl methyl sites for hydroxylation is 1. The third-order valence-electron chi connectivity index (χ3n) is 4.34. The van der Waals surface area contributed by atoms with E-state index in [4.69, 9.17) is 4.74 Å². The van der Waals surface area contributed by atoms with Crippen molar-refractivity contribution in [2.75, 3.05) is 20.2 Å². The van der Waals surface area contributed by atoms with E-state index in [0.717, 1.165) is 17.7 Å². The van der Waals surface area contributed by atoms with E-state index in [1.807, 2.05) is 29.8 Å². The van der Waals surface area contributed by atoms with Gasteiger partial charge in [-0.25, -0.2) is 8.42 Å². The zero-order valence-electron chi connectivity index (χ0n) is 16.7. The zero-order valence-corrected chi connectivity index (χ0v) is 17.5. The van der Waals surface area contributed by atoms with Crippen LogP contribution in [-0.2, 0) is 21.0 Å². The standard InChI is InChI=1S/C20H23F3N2O4S/c1-14-8-4-6-10-17(14)29-13-12-25(3)19(26)15(2)24-30(27,28)18-11-7-5-9-16(18)20(21,22)23/h4-11,15,24H,12-13H2,1-3H3. The van der Waals surface area contributed by atoms with Gasteiger partial charge in [0.05, 0.1) is 23.0 Å². The molecule has 164 valence electrons. The molecule has 1 amide bonds. The van der Waals surface area contributed by atoms with Crippen LogP contribution in [0, 0.1) is 6.92 Å². The van der Waals surface area contributed by atoms with Crippen LogP contribution in [0.25, 0.3) is 0 Å². The number of halogens is 3. The molecule has 0 bridgehead atoms. The second-order valence-corrected chi connectivity index (χ2v) is 8.39. The van der Waals surface area contributed by atoms with Crippen LogP contribution in [0.1, 0.15) is 18.1 Å². The van der Waals surface area contributed by atoms with E-state index < -0.39 is 38.6 Å². The summed E-state index contributed by atoms with van der Waals surface area (Å²) in [5, 5.41) is 0. The number of alkyl halides is 3. The molecule has 6 nitrogen and oxygen atoms in total. The van der Waals surface area contributed by atoms with Gasteiger partial charge >= 0.3 is 6.18 Å². The summed E-state index contributed by atoms with van der Waals surface area (Å²) in [6, 6.07) is 9.88. The molecule has 0 saturated heterocycles. The number of likely N-dealkylation sites (N-methyl/N-ethyl adjacent to an activating group) is 1. The van der Waals surface area contributed by atoms with Gasteiger partial charge in [0.15, 0.2) is 0 Å². The minimum absolute atomic E-state index is 0.165. The predicted octanol–water partition coefficient (Wildman–Crippen LogP) is 3.22. The lowest BCUT2D eigenvalue weighted by molar-refractivity contribution is -0.139. The average molecular weight is 444 g/mol. The van der Waals surface area contributed by atoms with E-state index in [-0.39, 0.29) is 13.2 Å². The van der Waals surface area contributed by atoms with Crippen molar-refractivity contribution in [3.8, 4) is 5.75 Å². The normalized spacial score (nSPS) is 13.0. The summed E-state index contributed by atoms with van der Waals surface area (Å²) in [6.45, 7) is 3.48.